The van der Waals surface area contributed by atoms with Crippen molar-refractivity contribution in [3.63, 3.8) is 0 Å². The summed E-state index contributed by atoms with van der Waals surface area (Å²) < 4.78 is 21.3. The molecule has 11 nitrogen and oxygen atoms in total. The number of carbonyl (C=O) groups excluding carboxylic acids is 2. The summed E-state index contributed by atoms with van der Waals surface area (Å²) in [5.41, 5.74) is 1.10. The lowest BCUT2D eigenvalue weighted by atomic mass is 9.88. The Morgan fingerprint density at radius 2 is 1.82 bits per heavy atom. The number of aromatic nitrogens is 1. The summed E-state index contributed by atoms with van der Waals surface area (Å²) in [5.74, 6) is -0.172. The van der Waals surface area contributed by atoms with Crippen LogP contribution in [0.4, 0.5) is 11.4 Å². The summed E-state index contributed by atoms with van der Waals surface area (Å²) in [6.07, 6.45) is -1.31. The van der Waals surface area contributed by atoms with Gasteiger partial charge >= 0.3 is 5.97 Å². The number of aliphatic hydroxyl groups excluding tert-OH is 1. The number of aromatic amines is 1. The molecule has 2 aromatic carbocycles. The Bertz CT molecular complexity index is 1470. The van der Waals surface area contributed by atoms with Crippen molar-refractivity contribution in [3.8, 4) is 23.0 Å². The highest BCUT2D eigenvalue weighted by Crippen LogP contribution is 2.55. The van der Waals surface area contributed by atoms with E-state index >= 15 is 0 Å². The van der Waals surface area contributed by atoms with E-state index in [1.54, 1.807) is 17.0 Å². The van der Waals surface area contributed by atoms with Gasteiger partial charge in [-0.2, -0.15) is 0 Å². The van der Waals surface area contributed by atoms with Gasteiger partial charge in [-0.3, -0.25) is 4.79 Å². The topological polar surface area (TPSA) is 143 Å². The molecule has 0 spiro atoms. The van der Waals surface area contributed by atoms with Crippen molar-refractivity contribution in [1.82, 2.24) is 4.98 Å². The summed E-state index contributed by atoms with van der Waals surface area (Å²) >= 11 is 3.53. The van der Waals surface area contributed by atoms with Crippen LogP contribution in [0, 0.1) is 0 Å². The van der Waals surface area contributed by atoms with E-state index in [9.17, 15) is 19.8 Å². The molecule has 202 valence electrons. The van der Waals surface area contributed by atoms with Crippen LogP contribution in [0.5, 0.6) is 23.0 Å². The van der Waals surface area contributed by atoms with Crippen molar-refractivity contribution in [3.05, 3.63) is 35.0 Å². The number of carbonyl (C=O) groups is 2. The summed E-state index contributed by atoms with van der Waals surface area (Å²) in [5, 5.41) is 26.3. The van der Waals surface area contributed by atoms with E-state index < -0.39 is 17.6 Å². The molecule has 0 aliphatic carbocycles. The molecule has 3 heterocycles. The number of benzene rings is 2. The van der Waals surface area contributed by atoms with Crippen LogP contribution < -0.4 is 24.4 Å². The minimum atomic E-state index is -1.50. The molecule has 2 aliphatic rings. The minimum absolute atomic E-state index is 0.189. The fraction of sp³-hybridized carbons (Fsp3) is 0.385. The quantitative estimate of drug-likeness (QED) is 0.193. The van der Waals surface area contributed by atoms with Crippen LogP contribution in [0.3, 0.4) is 0 Å². The number of nitrogens with zero attached hydrogens (tertiary/aromatic N) is 1. The van der Waals surface area contributed by atoms with E-state index in [4.69, 9.17) is 18.9 Å². The van der Waals surface area contributed by atoms with Crippen LogP contribution in [0.2, 0.25) is 0 Å². The lowest BCUT2D eigenvalue weighted by Gasteiger charge is -2.26. The number of H-pyrrole nitrogens is 1. The second-order valence-electron chi connectivity index (χ2n) is 9.40. The van der Waals surface area contributed by atoms with Gasteiger partial charge in [0.15, 0.2) is 17.0 Å². The number of anilines is 2. The highest BCUT2D eigenvalue weighted by atomic mass is 79.9. The zero-order valence-corrected chi connectivity index (χ0v) is 23.1. The van der Waals surface area contributed by atoms with Crippen LogP contribution in [0.25, 0.3) is 10.9 Å². The van der Waals surface area contributed by atoms with E-state index in [0.29, 0.717) is 50.3 Å². The number of phenolic OH excluding ortho intramolecular Hbond substituents is 1. The first-order chi connectivity index (χ1) is 18.1. The molecule has 12 heteroatoms. The smallest absolute Gasteiger partial charge is 0.334 e. The number of methoxy groups -OCH3 is 4. The van der Waals surface area contributed by atoms with Gasteiger partial charge in [0.2, 0.25) is 5.75 Å². The molecule has 3 aromatic rings. The lowest BCUT2D eigenvalue weighted by molar-refractivity contribution is -0.149. The van der Waals surface area contributed by atoms with E-state index in [1.807, 2.05) is 0 Å². The molecular formula is C26H28BrN3O8. The Hall–Kier alpha value is -3.64. The van der Waals surface area contributed by atoms with Crippen molar-refractivity contribution in [2.24, 2.45) is 0 Å². The Labute approximate surface area is 226 Å². The first-order valence-electron chi connectivity index (χ1n) is 11.8. The summed E-state index contributed by atoms with van der Waals surface area (Å²) in [4.78, 5) is 31.1. The third-order valence-electron chi connectivity index (χ3n) is 7.36. The molecule has 4 N–H and O–H groups in total. The molecule has 1 amide bonds. The number of aromatic hydroxyl groups is 1. The van der Waals surface area contributed by atoms with Gasteiger partial charge in [0.05, 0.1) is 45.3 Å². The SMILES string of the molecule is COC(=O)[C@]1(C)Nc2c(O)cc3c(c2[C@H]1O)[C@H](CBr)CN3C(=O)c1cc2cc(OC)c(OC)c(OC)c2[nH]1. The van der Waals surface area contributed by atoms with Crippen molar-refractivity contribution in [2.75, 3.05) is 50.5 Å². The Morgan fingerprint density at radius 1 is 1.11 bits per heavy atom. The molecule has 0 saturated carbocycles. The number of rotatable bonds is 6. The summed E-state index contributed by atoms with van der Waals surface area (Å²) in [6.45, 7) is 1.80. The van der Waals surface area contributed by atoms with Gasteiger partial charge in [0, 0.05) is 34.8 Å². The first-order valence-corrected chi connectivity index (χ1v) is 12.9. The molecule has 1 aromatic heterocycles. The Morgan fingerprint density at radius 3 is 2.42 bits per heavy atom. The van der Waals surface area contributed by atoms with Crippen LogP contribution in [-0.2, 0) is 9.53 Å². The third kappa shape index (κ3) is 3.50. The Balaban J connectivity index is 1.62. The van der Waals surface area contributed by atoms with E-state index in [1.165, 1.54) is 41.4 Å². The Kier molecular flexibility index (Phi) is 6.35. The average molecular weight is 590 g/mol. The number of hydrogen-bond donors (Lipinski definition) is 4. The molecule has 0 saturated heterocycles. The van der Waals surface area contributed by atoms with E-state index in [2.05, 4.69) is 26.2 Å². The van der Waals surface area contributed by atoms with Crippen molar-refractivity contribution in [1.29, 1.82) is 0 Å². The normalized spacial score (nSPS) is 21.6. The highest BCUT2D eigenvalue weighted by Gasteiger charge is 2.53. The number of ether oxygens (including phenoxy) is 4. The van der Waals surface area contributed by atoms with Crippen LogP contribution in [-0.4, -0.2) is 72.9 Å². The van der Waals surface area contributed by atoms with Gasteiger partial charge in [-0.15, -0.1) is 0 Å². The van der Waals surface area contributed by atoms with Crippen molar-refractivity contribution in [2.45, 2.75) is 24.5 Å². The fourth-order valence-electron chi connectivity index (χ4n) is 5.48. The zero-order valence-electron chi connectivity index (χ0n) is 21.5. The van der Waals surface area contributed by atoms with Gasteiger partial charge < -0.3 is 44.4 Å². The molecule has 0 fully saturated rings. The van der Waals surface area contributed by atoms with Gasteiger partial charge in [0.1, 0.15) is 17.5 Å². The van der Waals surface area contributed by atoms with Crippen molar-refractivity contribution >= 4 is 50.1 Å². The number of hydrogen-bond acceptors (Lipinski definition) is 9. The van der Waals surface area contributed by atoms with Crippen molar-refractivity contribution < 1.29 is 38.7 Å². The maximum Gasteiger partial charge on any atom is 0.334 e. The number of nitrogens with one attached hydrogen (secondary N) is 2. The van der Waals surface area contributed by atoms with Gasteiger partial charge in [-0.25, -0.2) is 4.79 Å². The van der Waals surface area contributed by atoms with Gasteiger partial charge in [0.25, 0.3) is 5.91 Å². The first kappa shape index (κ1) is 26.0. The number of aliphatic hydroxyl groups is 1. The van der Waals surface area contributed by atoms with E-state index in [-0.39, 0.29) is 35.5 Å². The fourth-order valence-corrected chi connectivity index (χ4v) is 6.01. The standard InChI is InChI=1S/C26H28BrN3O8/c1-26(25(34)38-5)23(32)18-17-12(9-27)10-30(14(17)8-15(31)20(18)29-26)24(33)13-6-11-7-16(35-2)21(36-3)22(37-4)19(11)28-13/h6-8,12,23,28-29,31-32H,9-10H2,1-5H3/t12-,23-,26-/m1/s1. The number of alkyl halides is 1. The molecule has 0 bridgehead atoms. The molecule has 2 aliphatic heterocycles. The monoisotopic (exact) mass is 589 g/mol. The van der Waals surface area contributed by atoms with Crippen LogP contribution in [0.1, 0.15) is 40.6 Å². The highest BCUT2D eigenvalue weighted by molar-refractivity contribution is 9.09. The van der Waals surface area contributed by atoms with Gasteiger partial charge in [-0.05, 0) is 24.6 Å². The molecule has 0 unspecified atom stereocenters. The zero-order chi connectivity index (χ0) is 27.5. The predicted molar refractivity (Wildman–Crippen MR) is 143 cm³/mol. The summed E-state index contributed by atoms with van der Waals surface area (Å²) in [7, 11) is 5.75. The molecule has 5 rings (SSSR count). The second-order valence-corrected chi connectivity index (χ2v) is 10.0. The number of fused-ring (bicyclic) bond motifs is 4. The van der Waals surface area contributed by atoms with E-state index in [0.717, 1.165) is 0 Å². The molecular weight excluding hydrogens is 562 g/mol. The maximum atomic E-state index is 13.9. The van der Waals surface area contributed by atoms with Crippen LogP contribution in [0.15, 0.2) is 18.2 Å². The van der Waals surface area contributed by atoms with Crippen LogP contribution >= 0.6 is 15.9 Å². The maximum absolute atomic E-state index is 13.9. The molecule has 3 atom stereocenters. The largest absolute Gasteiger partial charge is 0.506 e. The summed E-state index contributed by atoms with van der Waals surface area (Å²) in [6, 6.07) is 4.92. The number of esters is 1. The number of phenols is 1. The van der Waals surface area contributed by atoms with Gasteiger partial charge in [-0.1, -0.05) is 15.9 Å². The second kappa shape index (κ2) is 9.28. The third-order valence-corrected chi connectivity index (χ3v) is 8.14. The average Bonchev–Trinajstić information content (AvgIpc) is 3.59. The number of amides is 1. The lowest BCUT2D eigenvalue weighted by Crippen LogP contribution is -2.45. The number of halogens is 1. The molecule has 38 heavy (non-hydrogen) atoms. The minimum Gasteiger partial charge on any atom is -0.506 e. The predicted octanol–water partition coefficient (Wildman–Crippen LogP) is 3.43. The molecule has 0 radical (unpaired) electrons.